The van der Waals surface area contributed by atoms with Crippen LogP contribution in [-0.2, 0) is 24.2 Å². The largest absolute Gasteiger partial charge is 0.337 e. The van der Waals surface area contributed by atoms with Crippen molar-refractivity contribution in [2.45, 2.75) is 33.2 Å². The number of H-pyrrole nitrogens is 2. The highest BCUT2D eigenvalue weighted by Crippen LogP contribution is 2.29. The molecule has 3 heterocycles. The monoisotopic (exact) mass is 385 g/mol. The lowest BCUT2D eigenvalue weighted by molar-refractivity contribution is -0.131. The molecule has 2 N–H and O–H groups in total. The number of aromatic amines is 2. The van der Waals surface area contributed by atoms with E-state index in [1.54, 1.807) is 0 Å². The first-order valence-corrected chi connectivity index (χ1v) is 9.93. The number of rotatable bonds is 3. The van der Waals surface area contributed by atoms with Crippen molar-refractivity contribution in [2.75, 3.05) is 6.54 Å². The number of amides is 1. The van der Waals surface area contributed by atoms with Gasteiger partial charge in [-0.25, -0.2) is 4.98 Å². The Morgan fingerprint density at radius 3 is 2.76 bits per heavy atom. The average Bonchev–Trinajstić information content (AvgIpc) is 3.32. The molecular weight excluding hydrogens is 362 g/mol. The Balaban J connectivity index is 1.39. The van der Waals surface area contributed by atoms with E-state index < -0.39 is 0 Å². The number of aryl methyl sites for hydroxylation is 2. The van der Waals surface area contributed by atoms with E-state index >= 15 is 0 Å². The lowest BCUT2D eigenvalue weighted by Crippen LogP contribution is -2.36. The summed E-state index contributed by atoms with van der Waals surface area (Å²) in [7, 11) is 0. The Bertz CT molecular complexity index is 1170. The number of nitrogens with zero attached hydrogens (tertiary/aromatic N) is 3. The predicted molar refractivity (Wildman–Crippen MR) is 112 cm³/mol. The first-order valence-electron chi connectivity index (χ1n) is 9.93. The summed E-state index contributed by atoms with van der Waals surface area (Å²) in [6.45, 7) is 5.46. The first-order chi connectivity index (χ1) is 14.1. The fourth-order valence-electron chi connectivity index (χ4n) is 3.99. The third-order valence-corrected chi connectivity index (χ3v) is 5.81. The molecule has 146 valence electrons. The topological polar surface area (TPSA) is 77.7 Å². The lowest BCUT2D eigenvalue weighted by Gasteiger charge is -2.27. The molecule has 0 unspecified atom stereocenters. The van der Waals surface area contributed by atoms with Crippen LogP contribution in [0.2, 0.25) is 0 Å². The number of imidazole rings is 1. The molecule has 0 fully saturated rings. The van der Waals surface area contributed by atoms with Crippen LogP contribution in [0.5, 0.6) is 0 Å². The minimum absolute atomic E-state index is 0.146. The standard InChI is InChI=1S/C23H23N5O/c1-14-10-18-19(11-15(14)2)25-23(24-18)22-17-8-9-28(13-20(17)26-27-22)21(29)12-16-6-4-3-5-7-16/h3-7,10-11H,8-9,12-13H2,1-2H3,(H,24,25)(H,26,27). The zero-order chi connectivity index (χ0) is 20.0. The highest BCUT2D eigenvalue weighted by Gasteiger charge is 2.26. The Morgan fingerprint density at radius 1 is 1.14 bits per heavy atom. The van der Waals surface area contributed by atoms with E-state index in [2.05, 4.69) is 41.2 Å². The van der Waals surface area contributed by atoms with Crippen LogP contribution >= 0.6 is 0 Å². The highest BCUT2D eigenvalue weighted by molar-refractivity contribution is 5.81. The Morgan fingerprint density at radius 2 is 1.93 bits per heavy atom. The van der Waals surface area contributed by atoms with Crippen LogP contribution in [0.1, 0.15) is 27.9 Å². The van der Waals surface area contributed by atoms with Gasteiger partial charge in [0.15, 0.2) is 5.82 Å². The van der Waals surface area contributed by atoms with Crippen molar-refractivity contribution in [2.24, 2.45) is 0 Å². The number of carbonyl (C=O) groups is 1. The van der Waals surface area contributed by atoms with Crippen molar-refractivity contribution in [3.05, 3.63) is 70.4 Å². The number of hydrogen-bond donors (Lipinski definition) is 2. The minimum atomic E-state index is 0.146. The average molecular weight is 385 g/mol. The van der Waals surface area contributed by atoms with Gasteiger partial charge in [0.25, 0.3) is 0 Å². The van der Waals surface area contributed by atoms with E-state index in [1.807, 2.05) is 35.2 Å². The van der Waals surface area contributed by atoms with E-state index in [-0.39, 0.29) is 5.91 Å². The molecular formula is C23H23N5O. The summed E-state index contributed by atoms with van der Waals surface area (Å²) in [6.07, 6.45) is 1.20. The van der Waals surface area contributed by atoms with Gasteiger partial charge in [-0.1, -0.05) is 30.3 Å². The van der Waals surface area contributed by atoms with Gasteiger partial charge in [0.2, 0.25) is 5.91 Å². The molecule has 1 aliphatic heterocycles. The molecule has 5 rings (SSSR count). The van der Waals surface area contributed by atoms with E-state index in [0.717, 1.165) is 45.8 Å². The predicted octanol–water partition coefficient (Wildman–Crippen LogP) is 3.70. The maximum atomic E-state index is 12.7. The number of carbonyl (C=O) groups excluding carboxylic acids is 1. The summed E-state index contributed by atoms with van der Waals surface area (Å²) in [5, 5.41) is 7.67. The first kappa shape index (κ1) is 17.7. The zero-order valence-corrected chi connectivity index (χ0v) is 16.6. The summed E-state index contributed by atoms with van der Waals surface area (Å²) in [5.74, 6) is 0.930. The van der Waals surface area contributed by atoms with Crippen LogP contribution in [0.3, 0.4) is 0 Å². The molecule has 6 nitrogen and oxygen atoms in total. The molecule has 1 amide bonds. The minimum Gasteiger partial charge on any atom is -0.337 e. The molecule has 29 heavy (non-hydrogen) atoms. The number of benzene rings is 2. The quantitative estimate of drug-likeness (QED) is 0.564. The number of hydrogen-bond acceptors (Lipinski definition) is 3. The van der Waals surface area contributed by atoms with Crippen LogP contribution < -0.4 is 0 Å². The van der Waals surface area contributed by atoms with Crippen LogP contribution in [0.15, 0.2) is 42.5 Å². The van der Waals surface area contributed by atoms with E-state index in [1.165, 1.54) is 11.1 Å². The molecule has 6 heteroatoms. The number of aromatic nitrogens is 4. The third kappa shape index (κ3) is 3.20. The van der Waals surface area contributed by atoms with Gasteiger partial charge >= 0.3 is 0 Å². The van der Waals surface area contributed by atoms with Gasteiger partial charge < -0.3 is 9.88 Å². The molecule has 0 spiro atoms. The normalized spacial score (nSPS) is 13.7. The highest BCUT2D eigenvalue weighted by atomic mass is 16.2. The van der Waals surface area contributed by atoms with Crippen molar-refractivity contribution in [3.8, 4) is 11.5 Å². The molecule has 0 bridgehead atoms. The molecule has 0 aliphatic carbocycles. The lowest BCUT2D eigenvalue weighted by atomic mass is 10.0. The molecule has 0 saturated carbocycles. The van der Waals surface area contributed by atoms with Crippen molar-refractivity contribution < 1.29 is 4.79 Å². The SMILES string of the molecule is Cc1cc2nc(-c3n[nH]c4c3CCN(C(=O)Cc3ccccc3)C4)[nH]c2cc1C. The van der Waals surface area contributed by atoms with Gasteiger partial charge in [-0.05, 0) is 49.1 Å². The maximum Gasteiger partial charge on any atom is 0.227 e. The number of nitrogens with one attached hydrogen (secondary N) is 2. The van der Waals surface area contributed by atoms with Crippen molar-refractivity contribution in [1.82, 2.24) is 25.1 Å². The van der Waals surface area contributed by atoms with Crippen molar-refractivity contribution in [3.63, 3.8) is 0 Å². The summed E-state index contributed by atoms with van der Waals surface area (Å²) in [5.41, 5.74) is 8.51. The second-order valence-electron chi connectivity index (χ2n) is 7.80. The fourth-order valence-corrected chi connectivity index (χ4v) is 3.99. The molecule has 2 aromatic carbocycles. The van der Waals surface area contributed by atoms with E-state index in [0.29, 0.717) is 19.5 Å². The van der Waals surface area contributed by atoms with E-state index in [4.69, 9.17) is 4.98 Å². The van der Waals surface area contributed by atoms with Gasteiger partial charge in [0, 0.05) is 12.1 Å². The van der Waals surface area contributed by atoms with Gasteiger partial charge in [0.05, 0.1) is 29.7 Å². The zero-order valence-electron chi connectivity index (χ0n) is 16.6. The summed E-state index contributed by atoms with van der Waals surface area (Å²) >= 11 is 0. The van der Waals surface area contributed by atoms with Crippen molar-refractivity contribution >= 4 is 16.9 Å². The van der Waals surface area contributed by atoms with Gasteiger partial charge in [0.1, 0.15) is 5.69 Å². The maximum absolute atomic E-state index is 12.7. The van der Waals surface area contributed by atoms with E-state index in [9.17, 15) is 4.79 Å². The van der Waals surface area contributed by atoms with Crippen molar-refractivity contribution in [1.29, 1.82) is 0 Å². The molecule has 2 aromatic heterocycles. The van der Waals surface area contributed by atoms with Gasteiger partial charge in [-0.3, -0.25) is 9.89 Å². The molecule has 1 aliphatic rings. The summed E-state index contributed by atoms with van der Waals surface area (Å²) in [6, 6.07) is 14.1. The number of fused-ring (bicyclic) bond motifs is 2. The molecule has 0 atom stereocenters. The van der Waals surface area contributed by atoms with Crippen LogP contribution in [0.25, 0.3) is 22.6 Å². The van der Waals surface area contributed by atoms with Gasteiger partial charge in [-0.15, -0.1) is 0 Å². The van der Waals surface area contributed by atoms with Crippen LogP contribution in [-0.4, -0.2) is 37.5 Å². The summed E-state index contributed by atoms with van der Waals surface area (Å²) < 4.78 is 0. The second kappa shape index (κ2) is 6.88. The molecule has 0 saturated heterocycles. The molecule has 4 aromatic rings. The summed E-state index contributed by atoms with van der Waals surface area (Å²) in [4.78, 5) is 22.8. The Hall–Kier alpha value is -3.41. The van der Waals surface area contributed by atoms with Gasteiger partial charge in [-0.2, -0.15) is 5.10 Å². The van der Waals surface area contributed by atoms with Crippen LogP contribution in [0, 0.1) is 13.8 Å². The fraction of sp³-hybridized carbons (Fsp3) is 0.261. The third-order valence-electron chi connectivity index (χ3n) is 5.81. The Labute approximate surface area is 169 Å². The second-order valence-corrected chi connectivity index (χ2v) is 7.80. The Kier molecular flexibility index (Phi) is 4.19. The molecule has 0 radical (unpaired) electrons. The van der Waals surface area contributed by atoms with Crippen LogP contribution in [0.4, 0.5) is 0 Å². The smallest absolute Gasteiger partial charge is 0.227 e.